The lowest BCUT2D eigenvalue weighted by Crippen LogP contribution is -2.13. The van der Waals surface area contributed by atoms with Crippen LogP contribution < -0.4 is 4.72 Å². The summed E-state index contributed by atoms with van der Waals surface area (Å²) in [6.45, 7) is 0.834. The van der Waals surface area contributed by atoms with Gasteiger partial charge in [0.1, 0.15) is 10.7 Å². The molecule has 1 N–H and O–H groups in total. The maximum Gasteiger partial charge on any atom is 0.263 e. The first-order chi connectivity index (χ1) is 13.5. The van der Waals surface area contributed by atoms with Gasteiger partial charge in [-0.25, -0.2) is 8.42 Å². The molecule has 2 aromatic carbocycles. The second kappa shape index (κ2) is 7.85. The Bertz CT molecular complexity index is 1130. The summed E-state index contributed by atoms with van der Waals surface area (Å²) >= 11 is 9.71. The molecule has 2 heterocycles. The van der Waals surface area contributed by atoms with Crippen LogP contribution in [0.2, 0.25) is 5.02 Å². The number of nitrogens with one attached hydrogen (secondary N) is 1. The molecular formula is C19H18BrClN4O2S. The van der Waals surface area contributed by atoms with Gasteiger partial charge in [-0.1, -0.05) is 30.2 Å². The number of aromatic nitrogens is 3. The summed E-state index contributed by atoms with van der Waals surface area (Å²) < 4.78 is 30.8. The summed E-state index contributed by atoms with van der Waals surface area (Å²) in [7, 11) is -3.75. The predicted molar refractivity (Wildman–Crippen MR) is 113 cm³/mol. The Kier molecular flexibility index (Phi) is 5.44. The average molecular weight is 482 g/mol. The van der Waals surface area contributed by atoms with Gasteiger partial charge in [0, 0.05) is 28.7 Å². The Labute approximate surface area is 177 Å². The molecule has 0 fully saturated rings. The van der Waals surface area contributed by atoms with Gasteiger partial charge in [0.25, 0.3) is 10.0 Å². The molecular weight excluding hydrogens is 464 g/mol. The fraction of sp³-hybridized carbons (Fsp3) is 0.263. The van der Waals surface area contributed by atoms with Gasteiger partial charge in [-0.05, 0) is 59.1 Å². The Hall–Kier alpha value is -1.90. The summed E-state index contributed by atoms with van der Waals surface area (Å²) in [6, 6.07) is 11.7. The zero-order chi connectivity index (χ0) is 19.7. The topological polar surface area (TPSA) is 76.9 Å². The first-order valence-electron chi connectivity index (χ1n) is 8.95. The minimum atomic E-state index is -3.75. The predicted octanol–water partition coefficient (Wildman–Crippen LogP) is 4.89. The van der Waals surface area contributed by atoms with Crippen molar-refractivity contribution in [2.24, 2.45) is 0 Å². The fourth-order valence-corrected chi connectivity index (χ4v) is 5.57. The Morgan fingerprint density at radius 3 is 2.71 bits per heavy atom. The number of fused-ring (bicyclic) bond motifs is 1. The van der Waals surface area contributed by atoms with Crippen LogP contribution in [0.5, 0.6) is 0 Å². The smallest absolute Gasteiger partial charge is 0.263 e. The monoisotopic (exact) mass is 480 g/mol. The summed E-state index contributed by atoms with van der Waals surface area (Å²) in [5.74, 6) is 1.62. The van der Waals surface area contributed by atoms with Crippen molar-refractivity contribution >= 4 is 43.2 Å². The SMILES string of the molecule is O=S(=O)(Nc1ccc(Cl)c(-c2nnc3n2CCCCC3)c1)c1ccccc1Br. The molecule has 0 bridgehead atoms. The summed E-state index contributed by atoms with van der Waals surface area (Å²) in [6.07, 6.45) is 4.20. The zero-order valence-corrected chi connectivity index (χ0v) is 18.1. The van der Waals surface area contributed by atoms with Crippen molar-refractivity contribution in [3.8, 4) is 11.4 Å². The van der Waals surface area contributed by atoms with Crippen molar-refractivity contribution in [3.05, 3.63) is 57.8 Å². The van der Waals surface area contributed by atoms with Crippen LogP contribution in [-0.2, 0) is 23.0 Å². The molecule has 3 aromatic rings. The molecule has 0 spiro atoms. The molecule has 4 rings (SSSR count). The number of nitrogens with zero attached hydrogens (tertiary/aromatic N) is 3. The maximum atomic E-state index is 12.8. The van der Waals surface area contributed by atoms with Crippen LogP contribution in [0.4, 0.5) is 5.69 Å². The van der Waals surface area contributed by atoms with Gasteiger partial charge in [-0.2, -0.15) is 0 Å². The van der Waals surface area contributed by atoms with Crippen molar-refractivity contribution in [1.82, 2.24) is 14.8 Å². The van der Waals surface area contributed by atoms with Crippen LogP contribution >= 0.6 is 27.5 Å². The van der Waals surface area contributed by atoms with Gasteiger partial charge in [0.15, 0.2) is 5.82 Å². The average Bonchev–Trinajstić information content (AvgIpc) is 2.91. The lowest BCUT2D eigenvalue weighted by Gasteiger charge is -2.12. The fourth-order valence-electron chi connectivity index (χ4n) is 3.32. The number of aryl methyl sites for hydroxylation is 1. The third kappa shape index (κ3) is 3.81. The zero-order valence-electron chi connectivity index (χ0n) is 14.9. The largest absolute Gasteiger partial charge is 0.311 e. The third-order valence-electron chi connectivity index (χ3n) is 4.70. The van der Waals surface area contributed by atoms with E-state index in [9.17, 15) is 8.42 Å². The lowest BCUT2D eigenvalue weighted by molar-refractivity contribution is 0.601. The summed E-state index contributed by atoms with van der Waals surface area (Å²) in [5, 5.41) is 9.13. The third-order valence-corrected chi connectivity index (χ3v) is 7.42. The molecule has 0 saturated carbocycles. The van der Waals surface area contributed by atoms with Gasteiger partial charge in [-0.15, -0.1) is 10.2 Å². The van der Waals surface area contributed by atoms with E-state index < -0.39 is 10.0 Å². The Morgan fingerprint density at radius 1 is 1.07 bits per heavy atom. The number of hydrogen-bond donors (Lipinski definition) is 1. The second-order valence-electron chi connectivity index (χ2n) is 6.63. The number of anilines is 1. The molecule has 0 radical (unpaired) electrons. The highest BCUT2D eigenvalue weighted by Gasteiger charge is 2.21. The molecule has 0 amide bonds. The van der Waals surface area contributed by atoms with E-state index in [2.05, 4.69) is 35.4 Å². The number of halogens is 2. The highest BCUT2D eigenvalue weighted by Crippen LogP contribution is 2.32. The van der Waals surface area contributed by atoms with E-state index in [-0.39, 0.29) is 4.90 Å². The number of hydrogen-bond acceptors (Lipinski definition) is 4. The van der Waals surface area contributed by atoms with Crippen molar-refractivity contribution in [2.45, 2.75) is 37.1 Å². The molecule has 9 heteroatoms. The summed E-state index contributed by atoms with van der Waals surface area (Å²) in [4.78, 5) is 0.169. The highest BCUT2D eigenvalue weighted by molar-refractivity contribution is 9.10. The van der Waals surface area contributed by atoms with Gasteiger partial charge >= 0.3 is 0 Å². The van der Waals surface area contributed by atoms with E-state index in [1.807, 2.05) is 0 Å². The van der Waals surface area contributed by atoms with Crippen molar-refractivity contribution in [2.75, 3.05) is 4.72 Å². The van der Waals surface area contributed by atoms with Gasteiger partial charge in [0.05, 0.1) is 5.02 Å². The molecule has 1 aliphatic rings. The van der Waals surface area contributed by atoms with Crippen LogP contribution in [0.1, 0.15) is 25.1 Å². The number of rotatable bonds is 4. The van der Waals surface area contributed by atoms with E-state index in [4.69, 9.17) is 11.6 Å². The van der Waals surface area contributed by atoms with Gasteiger partial charge < -0.3 is 4.57 Å². The molecule has 146 valence electrons. The van der Waals surface area contributed by atoms with E-state index in [1.54, 1.807) is 42.5 Å². The van der Waals surface area contributed by atoms with Crippen molar-refractivity contribution < 1.29 is 8.42 Å². The van der Waals surface area contributed by atoms with Crippen molar-refractivity contribution in [1.29, 1.82) is 0 Å². The lowest BCUT2D eigenvalue weighted by atomic mass is 10.2. The van der Waals surface area contributed by atoms with Gasteiger partial charge in [-0.3, -0.25) is 4.72 Å². The Balaban J connectivity index is 1.71. The van der Waals surface area contributed by atoms with E-state index in [1.165, 1.54) is 0 Å². The van der Waals surface area contributed by atoms with Crippen LogP contribution in [-0.4, -0.2) is 23.2 Å². The normalized spacial score (nSPS) is 14.4. The molecule has 1 aliphatic heterocycles. The minimum absolute atomic E-state index is 0.169. The molecule has 0 atom stereocenters. The van der Waals surface area contributed by atoms with Crippen LogP contribution in [0, 0.1) is 0 Å². The molecule has 0 unspecified atom stereocenters. The molecule has 28 heavy (non-hydrogen) atoms. The first-order valence-corrected chi connectivity index (χ1v) is 11.6. The summed E-state index contributed by atoms with van der Waals surface area (Å²) in [5.41, 5.74) is 1.08. The number of benzene rings is 2. The molecule has 0 saturated heterocycles. The minimum Gasteiger partial charge on any atom is -0.311 e. The molecule has 6 nitrogen and oxygen atoms in total. The van der Waals surface area contributed by atoms with E-state index in [0.717, 1.165) is 38.1 Å². The van der Waals surface area contributed by atoms with Crippen LogP contribution in [0.3, 0.4) is 0 Å². The van der Waals surface area contributed by atoms with Gasteiger partial charge in [0.2, 0.25) is 0 Å². The second-order valence-corrected chi connectivity index (χ2v) is 9.55. The molecule has 0 aliphatic carbocycles. The standard InChI is InChI=1S/C19H18BrClN4O2S/c20-15-6-3-4-7-17(15)28(26,27)24-13-9-10-16(21)14(12-13)19-23-22-18-8-2-1-5-11-25(18)19/h3-4,6-7,9-10,12,24H,1-2,5,8,11H2. The maximum absolute atomic E-state index is 12.8. The van der Waals surface area contributed by atoms with Crippen LogP contribution in [0.15, 0.2) is 51.8 Å². The first kappa shape index (κ1) is 19.4. The van der Waals surface area contributed by atoms with Crippen LogP contribution in [0.25, 0.3) is 11.4 Å². The van der Waals surface area contributed by atoms with E-state index in [0.29, 0.717) is 26.6 Å². The Morgan fingerprint density at radius 2 is 1.89 bits per heavy atom. The van der Waals surface area contributed by atoms with E-state index >= 15 is 0 Å². The van der Waals surface area contributed by atoms with Crippen molar-refractivity contribution in [3.63, 3.8) is 0 Å². The quantitative estimate of drug-likeness (QED) is 0.576. The number of sulfonamides is 1. The molecule has 1 aromatic heterocycles. The highest BCUT2D eigenvalue weighted by atomic mass is 79.9.